The van der Waals surface area contributed by atoms with Crippen LogP contribution < -0.4 is 5.73 Å². The van der Waals surface area contributed by atoms with Crippen LogP contribution in [0.5, 0.6) is 0 Å². The van der Waals surface area contributed by atoms with Crippen LogP contribution in [-0.2, 0) is 17.8 Å². The van der Waals surface area contributed by atoms with Crippen LogP contribution in [0.1, 0.15) is 54.7 Å². The van der Waals surface area contributed by atoms with E-state index in [1.165, 1.54) is 16.7 Å². The number of unbranched alkanes of at least 4 members (excludes halogenated alkanes) is 1. The summed E-state index contributed by atoms with van der Waals surface area (Å²) in [7, 11) is 0. The second-order valence-electron chi connectivity index (χ2n) is 7.30. The van der Waals surface area contributed by atoms with Crippen LogP contribution >= 0.6 is 0 Å². The second-order valence-corrected chi connectivity index (χ2v) is 7.30. The van der Waals surface area contributed by atoms with E-state index in [1.807, 2.05) is 6.07 Å². The van der Waals surface area contributed by atoms with Gasteiger partial charge in [0.15, 0.2) is 0 Å². The van der Waals surface area contributed by atoms with Crippen molar-refractivity contribution in [3.63, 3.8) is 0 Å². The zero-order chi connectivity index (χ0) is 18.2. The van der Waals surface area contributed by atoms with E-state index in [-0.39, 0.29) is 0 Å². The monoisotopic (exact) mass is 350 g/mol. The van der Waals surface area contributed by atoms with Crippen molar-refractivity contribution in [3.05, 3.63) is 71.3 Å². The van der Waals surface area contributed by atoms with Crippen LogP contribution in [0.2, 0.25) is 0 Å². The van der Waals surface area contributed by atoms with Crippen LogP contribution in [0.25, 0.3) is 0 Å². The largest absolute Gasteiger partial charge is 0.343 e. The fourth-order valence-electron chi connectivity index (χ4n) is 3.84. The van der Waals surface area contributed by atoms with Gasteiger partial charge in [0, 0.05) is 26.1 Å². The molecule has 2 N–H and O–H groups in total. The van der Waals surface area contributed by atoms with Gasteiger partial charge in [-0.25, -0.2) is 0 Å². The van der Waals surface area contributed by atoms with Crippen molar-refractivity contribution in [1.82, 2.24) is 4.90 Å². The number of amides is 1. The molecule has 0 aliphatic carbocycles. The number of piperidine rings is 1. The summed E-state index contributed by atoms with van der Waals surface area (Å²) in [5.41, 5.74) is 9.69. The molecule has 0 bridgehead atoms. The minimum Gasteiger partial charge on any atom is -0.343 e. The van der Waals surface area contributed by atoms with Gasteiger partial charge in [0.05, 0.1) is 0 Å². The molecular weight excluding hydrogens is 320 g/mol. The first kappa shape index (κ1) is 18.7. The van der Waals surface area contributed by atoms with Crippen LogP contribution in [-0.4, -0.2) is 23.9 Å². The molecule has 1 saturated heterocycles. The first-order valence-corrected chi connectivity index (χ1v) is 9.87. The molecule has 138 valence electrons. The zero-order valence-electron chi connectivity index (χ0n) is 15.6. The molecule has 0 saturated carbocycles. The quantitative estimate of drug-likeness (QED) is 0.758. The average molecular weight is 351 g/mol. The molecule has 1 heterocycles. The Balaban J connectivity index is 1.39. The van der Waals surface area contributed by atoms with Gasteiger partial charge in [0.2, 0.25) is 5.91 Å². The van der Waals surface area contributed by atoms with Crippen molar-refractivity contribution in [2.24, 2.45) is 5.73 Å². The fourth-order valence-corrected chi connectivity index (χ4v) is 3.84. The SMILES string of the molecule is NCc1cccc(C2CCN(C(=O)CCCCc3ccccc3)CC2)c1. The van der Waals surface area contributed by atoms with Gasteiger partial charge in [-0.3, -0.25) is 4.79 Å². The molecule has 3 heteroatoms. The Kier molecular flexibility index (Phi) is 6.84. The summed E-state index contributed by atoms with van der Waals surface area (Å²) in [5, 5.41) is 0. The normalized spacial score (nSPS) is 15.2. The van der Waals surface area contributed by atoms with Crippen LogP contribution in [0.3, 0.4) is 0 Å². The van der Waals surface area contributed by atoms with Gasteiger partial charge in [0.25, 0.3) is 0 Å². The third kappa shape index (κ3) is 5.18. The molecule has 0 unspecified atom stereocenters. The van der Waals surface area contributed by atoms with Crippen LogP contribution in [0.15, 0.2) is 54.6 Å². The van der Waals surface area contributed by atoms with E-state index < -0.39 is 0 Å². The third-order valence-electron chi connectivity index (χ3n) is 5.45. The van der Waals surface area contributed by atoms with Crippen molar-refractivity contribution < 1.29 is 4.79 Å². The molecular formula is C23H30N2O. The Labute approximate surface area is 157 Å². The highest BCUT2D eigenvalue weighted by atomic mass is 16.2. The number of carbonyl (C=O) groups excluding carboxylic acids is 1. The number of hydrogen-bond acceptors (Lipinski definition) is 2. The van der Waals surface area contributed by atoms with Gasteiger partial charge in [-0.15, -0.1) is 0 Å². The Morgan fingerprint density at radius 2 is 1.69 bits per heavy atom. The Morgan fingerprint density at radius 3 is 2.42 bits per heavy atom. The predicted molar refractivity (Wildman–Crippen MR) is 107 cm³/mol. The summed E-state index contributed by atoms with van der Waals surface area (Å²) in [6.07, 6.45) is 5.92. The number of hydrogen-bond donors (Lipinski definition) is 1. The number of carbonyl (C=O) groups is 1. The molecule has 0 atom stereocenters. The summed E-state index contributed by atoms with van der Waals surface area (Å²) >= 11 is 0. The maximum Gasteiger partial charge on any atom is 0.222 e. The van der Waals surface area contributed by atoms with Crippen LogP contribution in [0, 0.1) is 0 Å². The minimum absolute atomic E-state index is 0.326. The summed E-state index contributed by atoms with van der Waals surface area (Å²) in [6, 6.07) is 19.1. The minimum atomic E-state index is 0.326. The van der Waals surface area contributed by atoms with Gasteiger partial charge in [-0.1, -0.05) is 54.6 Å². The standard InChI is InChI=1S/C23H30N2O/c24-18-20-10-6-11-22(17-20)21-13-15-25(16-14-21)23(26)12-5-4-9-19-7-2-1-3-8-19/h1-3,6-8,10-11,17,21H,4-5,9,12-16,18,24H2. The highest BCUT2D eigenvalue weighted by Gasteiger charge is 2.23. The molecule has 1 aliphatic rings. The van der Waals surface area contributed by atoms with Crippen LogP contribution in [0.4, 0.5) is 0 Å². The van der Waals surface area contributed by atoms with E-state index in [9.17, 15) is 4.79 Å². The number of rotatable bonds is 7. The number of aryl methyl sites for hydroxylation is 1. The van der Waals surface area contributed by atoms with Gasteiger partial charge in [-0.05, 0) is 54.7 Å². The van der Waals surface area contributed by atoms with Crippen molar-refractivity contribution in [2.45, 2.75) is 51.0 Å². The van der Waals surface area contributed by atoms with Crippen molar-refractivity contribution >= 4 is 5.91 Å². The van der Waals surface area contributed by atoms with E-state index in [0.29, 0.717) is 24.8 Å². The molecule has 0 spiro atoms. The fraction of sp³-hybridized carbons (Fsp3) is 0.435. The maximum atomic E-state index is 12.5. The molecule has 0 radical (unpaired) electrons. The highest BCUT2D eigenvalue weighted by molar-refractivity contribution is 5.76. The van der Waals surface area contributed by atoms with E-state index in [4.69, 9.17) is 5.73 Å². The summed E-state index contributed by atoms with van der Waals surface area (Å²) < 4.78 is 0. The Hall–Kier alpha value is -2.13. The highest BCUT2D eigenvalue weighted by Crippen LogP contribution is 2.29. The molecule has 1 aliphatic heterocycles. The van der Waals surface area contributed by atoms with Gasteiger partial charge >= 0.3 is 0 Å². The molecule has 2 aromatic carbocycles. The molecule has 26 heavy (non-hydrogen) atoms. The lowest BCUT2D eigenvalue weighted by atomic mass is 9.88. The summed E-state index contributed by atoms with van der Waals surface area (Å²) in [5.74, 6) is 0.885. The Morgan fingerprint density at radius 1 is 0.962 bits per heavy atom. The first-order valence-electron chi connectivity index (χ1n) is 9.87. The summed E-state index contributed by atoms with van der Waals surface area (Å²) in [4.78, 5) is 14.5. The molecule has 1 fully saturated rings. The van der Waals surface area contributed by atoms with Gasteiger partial charge in [-0.2, -0.15) is 0 Å². The summed E-state index contributed by atoms with van der Waals surface area (Å²) in [6.45, 7) is 2.36. The second kappa shape index (κ2) is 9.54. The van der Waals surface area contributed by atoms with Crippen molar-refractivity contribution in [2.75, 3.05) is 13.1 Å². The molecule has 0 aromatic heterocycles. The number of likely N-dealkylation sites (tertiary alicyclic amines) is 1. The lowest BCUT2D eigenvalue weighted by Gasteiger charge is -2.32. The van der Waals surface area contributed by atoms with Crippen molar-refractivity contribution in [3.8, 4) is 0 Å². The maximum absolute atomic E-state index is 12.5. The number of benzene rings is 2. The molecule has 3 nitrogen and oxygen atoms in total. The smallest absolute Gasteiger partial charge is 0.222 e. The molecule has 3 rings (SSSR count). The molecule has 2 aromatic rings. The molecule has 1 amide bonds. The third-order valence-corrected chi connectivity index (χ3v) is 5.45. The topological polar surface area (TPSA) is 46.3 Å². The average Bonchev–Trinajstić information content (AvgIpc) is 2.72. The van der Waals surface area contributed by atoms with E-state index in [0.717, 1.165) is 45.2 Å². The lowest BCUT2D eigenvalue weighted by Crippen LogP contribution is -2.37. The zero-order valence-corrected chi connectivity index (χ0v) is 15.6. The first-order chi connectivity index (χ1) is 12.8. The van der Waals surface area contributed by atoms with E-state index >= 15 is 0 Å². The number of nitrogens with two attached hydrogens (primary N) is 1. The van der Waals surface area contributed by atoms with Gasteiger partial charge in [0.1, 0.15) is 0 Å². The number of nitrogens with zero attached hydrogens (tertiary/aromatic N) is 1. The predicted octanol–water partition coefficient (Wildman–Crippen LogP) is 4.26. The lowest BCUT2D eigenvalue weighted by molar-refractivity contribution is -0.132. The van der Waals surface area contributed by atoms with Crippen molar-refractivity contribution in [1.29, 1.82) is 0 Å². The van der Waals surface area contributed by atoms with Gasteiger partial charge < -0.3 is 10.6 Å². The van der Waals surface area contributed by atoms with E-state index in [2.05, 4.69) is 53.4 Å². The van der Waals surface area contributed by atoms with E-state index in [1.54, 1.807) is 0 Å². The Bertz CT molecular complexity index is 690.